The third kappa shape index (κ3) is 3.34. The van der Waals surface area contributed by atoms with Crippen molar-refractivity contribution in [2.24, 2.45) is 5.92 Å². The van der Waals surface area contributed by atoms with Crippen molar-refractivity contribution >= 4 is 14.6 Å². The van der Waals surface area contributed by atoms with E-state index in [-0.39, 0.29) is 12.0 Å². The van der Waals surface area contributed by atoms with E-state index in [1.807, 2.05) is 0 Å². The summed E-state index contributed by atoms with van der Waals surface area (Å²) < 4.78 is 17.4. The number of methoxy groups -OCH3 is 1. The molecule has 0 unspecified atom stereocenters. The van der Waals surface area contributed by atoms with Crippen LogP contribution in [0.4, 0.5) is 0 Å². The molecule has 0 aromatic carbocycles. The summed E-state index contributed by atoms with van der Waals surface area (Å²) in [6.45, 7) is 10.3. The van der Waals surface area contributed by atoms with Crippen molar-refractivity contribution in [3.05, 3.63) is 12.7 Å². The van der Waals surface area contributed by atoms with Crippen LogP contribution < -0.4 is 0 Å². The van der Waals surface area contributed by atoms with Crippen LogP contribution in [0.15, 0.2) is 12.7 Å². The molecule has 0 N–H and O–H groups in total. The lowest BCUT2D eigenvalue weighted by Gasteiger charge is -2.34. The minimum absolute atomic E-state index is 0.126. The van der Waals surface area contributed by atoms with Crippen LogP contribution in [0.1, 0.15) is 20.8 Å². The molecule has 1 aliphatic heterocycles. The molecule has 0 amide bonds. The Morgan fingerprint density at radius 2 is 1.84 bits per heavy atom. The monoisotopic (exact) mass is 286 g/mol. The van der Waals surface area contributed by atoms with Crippen LogP contribution >= 0.6 is 0 Å². The Hall–Kier alpha value is -0.493. The first-order valence-electron chi connectivity index (χ1n) is 7.05. The first-order chi connectivity index (χ1) is 9.11. The van der Waals surface area contributed by atoms with E-state index in [1.54, 1.807) is 13.2 Å². The summed E-state index contributed by atoms with van der Waals surface area (Å²) in [5.41, 5.74) is 0. The SMILES string of the molecule is C=C[C@H]1[C@@H](O[Si](CC)(CC)CC)[C@H](OC)O[C@@H]1C=O. The van der Waals surface area contributed by atoms with Crippen molar-refractivity contribution in [3.8, 4) is 0 Å². The van der Waals surface area contributed by atoms with Crippen molar-refractivity contribution in [1.82, 2.24) is 0 Å². The highest BCUT2D eigenvalue weighted by Gasteiger charge is 2.47. The molecular weight excluding hydrogens is 260 g/mol. The maximum atomic E-state index is 11.1. The third-order valence-electron chi connectivity index (χ3n) is 4.28. The normalized spacial score (nSPS) is 31.4. The van der Waals surface area contributed by atoms with Gasteiger partial charge in [-0.05, 0) is 18.1 Å². The number of rotatable bonds is 8. The van der Waals surface area contributed by atoms with Crippen LogP contribution in [0.3, 0.4) is 0 Å². The minimum atomic E-state index is -1.76. The van der Waals surface area contributed by atoms with Crippen molar-refractivity contribution in [1.29, 1.82) is 0 Å². The predicted octanol–water partition coefficient (Wildman–Crippen LogP) is 2.75. The fraction of sp³-hybridized carbons (Fsp3) is 0.786. The summed E-state index contributed by atoms with van der Waals surface area (Å²) in [6.07, 6.45) is 1.36. The van der Waals surface area contributed by atoms with E-state index in [4.69, 9.17) is 13.9 Å². The van der Waals surface area contributed by atoms with E-state index in [9.17, 15) is 4.79 Å². The van der Waals surface area contributed by atoms with E-state index in [2.05, 4.69) is 27.4 Å². The highest BCUT2D eigenvalue weighted by molar-refractivity contribution is 6.73. The van der Waals surface area contributed by atoms with Crippen molar-refractivity contribution in [3.63, 3.8) is 0 Å². The van der Waals surface area contributed by atoms with Gasteiger partial charge in [-0.25, -0.2) is 0 Å². The highest BCUT2D eigenvalue weighted by Crippen LogP contribution is 2.35. The number of hydrogen-bond donors (Lipinski definition) is 0. The van der Waals surface area contributed by atoms with Gasteiger partial charge >= 0.3 is 0 Å². The van der Waals surface area contributed by atoms with Gasteiger partial charge in [0.15, 0.2) is 14.6 Å². The summed E-state index contributed by atoms with van der Waals surface area (Å²) in [4.78, 5) is 11.1. The first-order valence-corrected chi connectivity index (χ1v) is 9.58. The average Bonchev–Trinajstić information content (AvgIpc) is 2.81. The van der Waals surface area contributed by atoms with Crippen LogP contribution in [0.5, 0.6) is 0 Å². The average molecular weight is 286 g/mol. The molecule has 1 rings (SSSR count). The highest BCUT2D eigenvalue weighted by atomic mass is 28.4. The zero-order valence-electron chi connectivity index (χ0n) is 12.4. The minimum Gasteiger partial charge on any atom is -0.408 e. The van der Waals surface area contributed by atoms with Gasteiger partial charge in [-0.3, -0.25) is 0 Å². The Labute approximate surface area is 117 Å². The standard InChI is InChI=1S/C14H26O4Si/c1-6-11-12(10-15)17-14(16-5)13(11)18-19(7-2,8-3)9-4/h6,10-14H,1,7-9H2,2-5H3/t11-,12-,13-,14-/m1/s1. The zero-order chi connectivity index (χ0) is 14.5. The van der Waals surface area contributed by atoms with Gasteiger partial charge in [0.05, 0.1) is 0 Å². The lowest BCUT2D eigenvalue weighted by molar-refractivity contribution is -0.151. The molecule has 5 heteroatoms. The molecule has 0 radical (unpaired) electrons. The quantitative estimate of drug-likeness (QED) is 0.391. The second kappa shape index (κ2) is 7.33. The Balaban J connectivity index is 2.93. The smallest absolute Gasteiger partial charge is 0.192 e. The maximum Gasteiger partial charge on any atom is 0.192 e. The van der Waals surface area contributed by atoms with Gasteiger partial charge in [0, 0.05) is 13.0 Å². The number of hydrogen-bond acceptors (Lipinski definition) is 4. The van der Waals surface area contributed by atoms with Crippen molar-refractivity contribution in [2.45, 2.75) is 57.4 Å². The second-order valence-electron chi connectivity index (χ2n) is 4.98. The Morgan fingerprint density at radius 1 is 1.26 bits per heavy atom. The molecule has 0 aromatic heterocycles. The van der Waals surface area contributed by atoms with E-state index in [1.165, 1.54) is 0 Å². The Kier molecular flexibility index (Phi) is 6.39. The van der Waals surface area contributed by atoms with Crippen molar-refractivity contribution in [2.75, 3.05) is 7.11 Å². The fourth-order valence-electron chi connectivity index (χ4n) is 2.69. The molecule has 1 heterocycles. The molecule has 1 fully saturated rings. The first kappa shape index (κ1) is 16.6. The topological polar surface area (TPSA) is 44.8 Å². The number of aldehydes is 1. The largest absolute Gasteiger partial charge is 0.408 e. The molecular formula is C14H26O4Si. The number of ether oxygens (including phenoxy) is 2. The Bertz CT molecular complexity index is 296. The van der Waals surface area contributed by atoms with Crippen LogP contribution in [-0.2, 0) is 18.7 Å². The third-order valence-corrected chi connectivity index (χ3v) is 8.91. The van der Waals surface area contributed by atoms with Gasteiger partial charge < -0.3 is 18.7 Å². The maximum absolute atomic E-state index is 11.1. The van der Waals surface area contributed by atoms with Gasteiger partial charge in [-0.1, -0.05) is 26.8 Å². The number of carbonyl (C=O) groups excluding carboxylic acids is 1. The van der Waals surface area contributed by atoms with Crippen LogP contribution in [0, 0.1) is 5.92 Å². The summed E-state index contributed by atoms with van der Waals surface area (Å²) in [6, 6.07) is 3.17. The Morgan fingerprint density at radius 3 is 2.21 bits per heavy atom. The molecule has 110 valence electrons. The molecule has 0 aromatic rings. The molecule has 0 saturated carbocycles. The summed E-state index contributed by atoms with van der Waals surface area (Å²) in [5.74, 6) is -0.126. The molecule has 1 aliphatic rings. The molecule has 0 spiro atoms. The molecule has 0 aliphatic carbocycles. The van der Waals surface area contributed by atoms with Gasteiger partial charge in [-0.15, -0.1) is 6.58 Å². The van der Waals surface area contributed by atoms with Crippen molar-refractivity contribution < 1.29 is 18.7 Å². The second-order valence-corrected chi connectivity index (χ2v) is 9.70. The van der Waals surface area contributed by atoms with Crippen LogP contribution in [0.2, 0.25) is 18.1 Å². The van der Waals surface area contributed by atoms with Gasteiger partial charge in [0.1, 0.15) is 18.5 Å². The molecule has 4 atom stereocenters. The van der Waals surface area contributed by atoms with E-state index in [0.717, 1.165) is 24.4 Å². The van der Waals surface area contributed by atoms with E-state index >= 15 is 0 Å². The lowest BCUT2D eigenvalue weighted by atomic mass is 10.00. The predicted molar refractivity (Wildman–Crippen MR) is 77.5 cm³/mol. The van der Waals surface area contributed by atoms with Gasteiger partial charge in [-0.2, -0.15) is 0 Å². The summed E-state index contributed by atoms with van der Waals surface area (Å²) >= 11 is 0. The summed E-state index contributed by atoms with van der Waals surface area (Å²) in [5, 5.41) is 0. The lowest BCUT2D eigenvalue weighted by Crippen LogP contribution is -2.45. The van der Waals surface area contributed by atoms with Crippen LogP contribution in [-0.4, -0.2) is 40.2 Å². The van der Waals surface area contributed by atoms with E-state index in [0.29, 0.717) is 0 Å². The van der Waals surface area contributed by atoms with Crippen LogP contribution in [0.25, 0.3) is 0 Å². The van der Waals surface area contributed by atoms with Gasteiger partial charge in [0.25, 0.3) is 0 Å². The molecule has 4 nitrogen and oxygen atoms in total. The van der Waals surface area contributed by atoms with Gasteiger partial charge in [0.2, 0.25) is 0 Å². The van der Waals surface area contributed by atoms with E-state index < -0.39 is 20.7 Å². The molecule has 1 saturated heterocycles. The molecule has 19 heavy (non-hydrogen) atoms. The number of carbonyl (C=O) groups is 1. The zero-order valence-corrected chi connectivity index (χ0v) is 13.4. The fourth-order valence-corrected chi connectivity index (χ4v) is 5.54. The summed E-state index contributed by atoms with van der Waals surface area (Å²) in [7, 11) is -0.180. The molecule has 0 bridgehead atoms.